The number of sulfone groups is 1. The molecule has 1 aliphatic rings. The number of hydrogen-bond donors (Lipinski definition) is 0. The van der Waals surface area contributed by atoms with Crippen LogP contribution in [-0.2, 0) is 9.84 Å². The summed E-state index contributed by atoms with van der Waals surface area (Å²) in [6.45, 7) is 0. The second-order valence-electron chi connectivity index (χ2n) is 5.99. The number of hydrogen-bond acceptors (Lipinski definition) is 4. The van der Waals surface area contributed by atoms with Gasteiger partial charge in [-0.3, -0.25) is 4.79 Å². The Morgan fingerprint density at radius 3 is 2.57 bits per heavy atom. The van der Waals surface area contributed by atoms with Gasteiger partial charge in [0.25, 0.3) is 5.91 Å². The van der Waals surface area contributed by atoms with Gasteiger partial charge in [0.2, 0.25) is 0 Å². The molecule has 5 nitrogen and oxygen atoms in total. The predicted octanol–water partition coefficient (Wildman–Crippen LogP) is 2.26. The van der Waals surface area contributed by atoms with E-state index < -0.39 is 20.9 Å². The number of benzene rings is 1. The molecule has 0 N–H and O–H groups in total. The molecule has 0 aromatic heterocycles. The van der Waals surface area contributed by atoms with Crippen LogP contribution in [0.5, 0.6) is 5.75 Å². The fourth-order valence-electron chi connectivity index (χ4n) is 3.17. The molecule has 7 heteroatoms. The lowest BCUT2D eigenvalue weighted by Crippen LogP contribution is -2.49. The van der Waals surface area contributed by atoms with Gasteiger partial charge >= 0.3 is 0 Å². The molecule has 1 amide bonds. The largest absolute Gasteiger partial charge is 0.494 e. The number of halogens is 1. The standard InChI is InChI=1S/C16H22FNO4S/c1-18(13-6-4-5-7-15(13)23(3,20)21)16(19)11-8-9-12(17)14(10-11)22-2/h8-10,13,15H,4-7H2,1-3H3/t13-,15+/m0/s1. The van der Waals surface area contributed by atoms with Crippen LogP contribution in [0, 0.1) is 5.82 Å². The van der Waals surface area contributed by atoms with Crippen LogP contribution in [0.3, 0.4) is 0 Å². The van der Waals surface area contributed by atoms with Gasteiger partial charge < -0.3 is 9.64 Å². The molecule has 0 spiro atoms. The molecular formula is C16H22FNO4S. The van der Waals surface area contributed by atoms with Gasteiger partial charge in [0.1, 0.15) is 0 Å². The van der Waals surface area contributed by atoms with Gasteiger partial charge in [0, 0.05) is 24.9 Å². The Bertz CT molecular complexity index is 689. The SMILES string of the molecule is COc1cc(C(=O)N(C)[C@H]2CCCC[C@H]2S(C)(=O)=O)ccc1F. The lowest BCUT2D eigenvalue weighted by molar-refractivity contribution is 0.0700. The van der Waals surface area contributed by atoms with Crippen LogP contribution < -0.4 is 4.74 Å². The Morgan fingerprint density at radius 2 is 1.96 bits per heavy atom. The first-order chi connectivity index (χ1) is 10.8. The van der Waals surface area contributed by atoms with Crippen molar-refractivity contribution in [1.82, 2.24) is 4.90 Å². The number of nitrogens with zero attached hydrogens (tertiary/aromatic N) is 1. The maximum absolute atomic E-state index is 13.5. The topological polar surface area (TPSA) is 63.7 Å². The Morgan fingerprint density at radius 1 is 1.30 bits per heavy atom. The highest BCUT2D eigenvalue weighted by Crippen LogP contribution is 2.29. The van der Waals surface area contributed by atoms with Gasteiger partial charge in [-0.15, -0.1) is 0 Å². The number of carbonyl (C=O) groups is 1. The van der Waals surface area contributed by atoms with E-state index in [0.717, 1.165) is 12.8 Å². The second-order valence-corrected chi connectivity index (χ2v) is 8.25. The number of methoxy groups -OCH3 is 1. The first-order valence-corrected chi connectivity index (χ1v) is 9.50. The van der Waals surface area contributed by atoms with Crippen molar-refractivity contribution in [3.63, 3.8) is 0 Å². The molecule has 0 unspecified atom stereocenters. The summed E-state index contributed by atoms with van der Waals surface area (Å²) in [5.74, 6) is -0.880. The average Bonchev–Trinajstić information content (AvgIpc) is 2.53. The smallest absolute Gasteiger partial charge is 0.254 e. The molecule has 1 saturated carbocycles. The number of ether oxygens (including phenoxy) is 1. The van der Waals surface area contributed by atoms with Crippen molar-refractivity contribution in [3.8, 4) is 5.75 Å². The van der Waals surface area contributed by atoms with Crippen molar-refractivity contribution < 1.29 is 22.3 Å². The quantitative estimate of drug-likeness (QED) is 0.841. The second kappa shape index (κ2) is 6.86. The lowest BCUT2D eigenvalue weighted by Gasteiger charge is -2.37. The highest BCUT2D eigenvalue weighted by molar-refractivity contribution is 7.91. The van der Waals surface area contributed by atoms with E-state index >= 15 is 0 Å². The summed E-state index contributed by atoms with van der Waals surface area (Å²) in [5, 5.41) is -0.549. The Labute approximate surface area is 136 Å². The maximum atomic E-state index is 13.5. The monoisotopic (exact) mass is 343 g/mol. The van der Waals surface area contributed by atoms with Crippen LogP contribution in [0.1, 0.15) is 36.0 Å². The molecule has 0 bridgehead atoms. The van der Waals surface area contributed by atoms with Crippen molar-refractivity contribution in [2.24, 2.45) is 0 Å². The molecule has 1 fully saturated rings. The summed E-state index contributed by atoms with van der Waals surface area (Å²) in [7, 11) is -0.300. The molecule has 23 heavy (non-hydrogen) atoms. The Hall–Kier alpha value is -1.63. The van der Waals surface area contributed by atoms with Crippen molar-refractivity contribution in [2.75, 3.05) is 20.4 Å². The minimum atomic E-state index is -3.23. The van der Waals surface area contributed by atoms with Gasteiger partial charge in [-0.1, -0.05) is 12.8 Å². The normalized spacial score (nSPS) is 21.7. The van der Waals surface area contributed by atoms with Crippen LogP contribution in [0.4, 0.5) is 4.39 Å². The fourth-order valence-corrected chi connectivity index (χ4v) is 4.65. The Balaban J connectivity index is 2.27. The van der Waals surface area contributed by atoms with E-state index in [9.17, 15) is 17.6 Å². The minimum Gasteiger partial charge on any atom is -0.494 e. The van der Waals surface area contributed by atoms with E-state index in [1.165, 1.54) is 36.5 Å². The lowest BCUT2D eigenvalue weighted by atomic mass is 9.93. The summed E-state index contributed by atoms with van der Waals surface area (Å²) in [5.41, 5.74) is 0.281. The zero-order chi connectivity index (χ0) is 17.2. The summed E-state index contributed by atoms with van der Waals surface area (Å²) in [6.07, 6.45) is 4.17. The third-order valence-corrected chi connectivity index (χ3v) is 6.08. The van der Waals surface area contributed by atoms with E-state index in [-0.39, 0.29) is 23.3 Å². The molecule has 0 saturated heterocycles. The molecule has 0 radical (unpaired) electrons. The van der Waals surface area contributed by atoms with E-state index in [2.05, 4.69) is 0 Å². The van der Waals surface area contributed by atoms with Gasteiger partial charge in [-0.25, -0.2) is 12.8 Å². The summed E-state index contributed by atoms with van der Waals surface area (Å²) in [6, 6.07) is 3.54. The van der Waals surface area contributed by atoms with Gasteiger partial charge in [0.05, 0.1) is 12.4 Å². The molecule has 1 aliphatic carbocycles. The van der Waals surface area contributed by atoms with Gasteiger partial charge in [-0.2, -0.15) is 0 Å². The maximum Gasteiger partial charge on any atom is 0.254 e. The zero-order valence-electron chi connectivity index (χ0n) is 13.6. The van der Waals surface area contributed by atoms with Gasteiger partial charge in [-0.05, 0) is 31.0 Å². The Kier molecular flexibility index (Phi) is 5.29. The van der Waals surface area contributed by atoms with Crippen molar-refractivity contribution in [1.29, 1.82) is 0 Å². The average molecular weight is 343 g/mol. The van der Waals surface area contributed by atoms with E-state index in [0.29, 0.717) is 12.8 Å². The predicted molar refractivity (Wildman–Crippen MR) is 85.9 cm³/mol. The first kappa shape index (κ1) is 17.7. The fraction of sp³-hybridized carbons (Fsp3) is 0.562. The molecule has 128 valence electrons. The number of carbonyl (C=O) groups excluding carboxylic acids is 1. The minimum absolute atomic E-state index is 0.00689. The van der Waals surface area contributed by atoms with Crippen LogP contribution in [0.2, 0.25) is 0 Å². The highest BCUT2D eigenvalue weighted by atomic mass is 32.2. The summed E-state index contributed by atoms with van der Waals surface area (Å²) < 4.78 is 42.4. The van der Waals surface area contributed by atoms with Crippen LogP contribution in [-0.4, -0.2) is 50.9 Å². The molecule has 2 rings (SSSR count). The highest BCUT2D eigenvalue weighted by Gasteiger charge is 2.37. The van der Waals surface area contributed by atoms with E-state index in [1.54, 1.807) is 7.05 Å². The summed E-state index contributed by atoms with van der Waals surface area (Å²) >= 11 is 0. The molecule has 1 aromatic carbocycles. The van der Waals surface area contributed by atoms with Crippen molar-refractivity contribution in [2.45, 2.75) is 37.0 Å². The molecular weight excluding hydrogens is 321 g/mol. The zero-order valence-corrected chi connectivity index (χ0v) is 14.4. The van der Waals surface area contributed by atoms with Crippen LogP contribution in [0.25, 0.3) is 0 Å². The molecule has 0 aliphatic heterocycles. The third kappa shape index (κ3) is 3.83. The first-order valence-electron chi connectivity index (χ1n) is 7.55. The van der Waals surface area contributed by atoms with Crippen molar-refractivity contribution in [3.05, 3.63) is 29.6 Å². The van der Waals surface area contributed by atoms with E-state index in [4.69, 9.17) is 4.74 Å². The number of amides is 1. The molecule has 2 atom stereocenters. The number of rotatable bonds is 4. The van der Waals surface area contributed by atoms with Crippen LogP contribution >= 0.6 is 0 Å². The molecule has 0 heterocycles. The van der Waals surface area contributed by atoms with E-state index in [1.807, 2.05) is 0 Å². The van der Waals surface area contributed by atoms with Crippen molar-refractivity contribution >= 4 is 15.7 Å². The third-order valence-electron chi connectivity index (χ3n) is 4.43. The van der Waals surface area contributed by atoms with Gasteiger partial charge in [0.15, 0.2) is 21.4 Å². The summed E-state index contributed by atoms with van der Waals surface area (Å²) in [4.78, 5) is 14.1. The van der Waals surface area contributed by atoms with Crippen LogP contribution in [0.15, 0.2) is 18.2 Å². The molecule has 1 aromatic rings.